The molecular weight excluding hydrogens is 240 g/mol. The van der Waals surface area contributed by atoms with Gasteiger partial charge in [0.15, 0.2) is 0 Å². The van der Waals surface area contributed by atoms with E-state index in [2.05, 4.69) is 10.6 Å². The molecule has 0 radical (unpaired) electrons. The van der Waals surface area contributed by atoms with Crippen molar-refractivity contribution >= 4 is 35.0 Å². The number of benzene rings is 1. The van der Waals surface area contributed by atoms with Crippen molar-refractivity contribution in [3.05, 3.63) is 18.2 Å². The largest absolute Gasteiger partial charge is 0.481 e. The Hall–Kier alpha value is -1.69. The molecule has 0 aliphatic carbocycles. The van der Waals surface area contributed by atoms with Crippen LogP contribution in [0.3, 0.4) is 0 Å². The molecule has 6 heteroatoms. The Balaban J connectivity index is 2.02. The van der Waals surface area contributed by atoms with E-state index in [0.29, 0.717) is 12.3 Å². The van der Waals surface area contributed by atoms with Gasteiger partial charge in [0.2, 0.25) is 5.91 Å². The molecule has 1 heterocycles. The number of fused-ring (bicyclic) bond motifs is 1. The SMILES string of the molecule is O=C(O)CCNc1ccc2c(c1)NC(=O)CS2. The summed E-state index contributed by atoms with van der Waals surface area (Å²) in [5.74, 6) is -0.400. The fourth-order valence-corrected chi connectivity index (χ4v) is 2.30. The van der Waals surface area contributed by atoms with Crippen molar-refractivity contribution in [3.8, 4) is 0 Å². The van der Waals surface area contributed by atoms with E-state index in [1.807, 2.05) is 18.2 Å². The van der Waals surface area contributed by atoms with Crippen LogP contribution in [0.5, 0.6) is 0 Å². The van der Waals surface area contributed by atoms with Crippen molar-refractivity contribution in [1.29, 1.82) is 0 Å². The van der Waals surface area contributed by atoms with Gasteiger partial charge in [-0.15, -0.1) is 11.8 Å². The molecule has 1 aromatic carbocycles. The van der Waals surface area contributed by atoms with Crippen molar-refractivity contribution in [1.82, 2.24) is 0 Å². The minimum absolute atomic E-state index is 0.00909. The van der Waals surface area contributed by atoms with Gasteiger partial charge in [-0.25, -0.2) is 0 Å². The van der Waals surface area contributed by atoms with Gasteiger partial charge in [0.05, 0.1) is 17.9 Å². The molecular formula is C11H12N2O3S. The van der Waals surface area contributed by atoms with E-state index in [1.54, 1.807) is 0 Å². The molecule has 3 N–H and O–H groups in total. The van der Waals surface area contributed by atoms with Crippen LogP contribution in [-0.4, -0.2) is 29.3 Å². The first kappa shape index (κ1) is 11.8. The lowest BCUT2D eigenvalue weighted by atomic mass is 10.2. The highest BCUT2D eigenvalue weighted by molar-refractivity contribution is 8.00. The number of carboxylic acids is 1. The fraction of sp³-hybridized carbons (Fsp3) is 0.273. The maximum Gasteiger partial charge on any atom is 0.305 e. The summed E-state index contributed by atoms with van der Waals surface area (Å²) in [5, 5.41) is 14.3. The number of carboxylic acid groups (broad SMARTS) is 1. The van der Waals surface area contributed by atoms with Gasteiger partial charge < -0.3 is 15.7 Å². The van der Waals surface area contributed by atoms with E-state index in [4.69, 9.17) is 5.11 Å². The lowest BCUT2D eigenvalue weighted by Crippen LogP contribution is -2.18. The third-order valence-electron chi connectivity index (χ3n) is 2.28. The summed E-state index contributed by atoms with van der Waals surface area (Å²) in [7, 11) is 0. The summed E-state index contributed by atoms with van der Waals surface area (Å²) in [4.78, 5) is 22.6. The molecule has 2 rings (SSSR count). The fourth-order valence-electron chi connectivity index (χ4n) is 1.51. The van der Waals surface area contributed by atoms with Crippen LogP contribution < -0.4 is 10.6 Å². The lowest BCUT2D eigenvalue weighted by molar-refractivity contribution is -0.136. The third kappa shape index (κ3) is 3.13. The Kier molecular flexibility index (Phi) is 3.53. The Morgan fingerprint density at radius 1 is 1.53 bits per heavy atom. The third-order valence-corrected chi connectivity index (χ3v) is 3.35. The second-order valence-electron chi connectivity index (χ2n) is 3.62. The van der Waals surface area contributed by atoms with Crippen LogP contribution >= 0.6 is 11.8 Å². The predicted molar refractivity (Wildman–Crippen MR) is 66.5 cm³/mol. The summed E-state index contributed by atoms with van der Waals surface area (Å²) in [6.45, 7) is 0.370. The van der Waals surface area contributed by atoms with Gasteiger partial charge in [0, 0.05) is 17.1 Å². The van der Waals surface area contributed by atoms with E-state index in [0.717, 1.165) is 16.3 Å². The van der Waals surface area contributed by atoms with Crippen molar-refractivity contribution < 1.29 is 14.7 Å². The van der Waals surface area contributed by atoms with Crippen molar-refractivity contribution in [3.63, 3.8) is 0 Å². The zero-order valence-electron chi connectivity index (χ0n) is 9.03. The van der Waals surface area contributed by atoms with Gasteiger partial charge >= 0.3 is 5.97 Å². The highest BCUT2D eigenvalue weighted by Crippen LogP contribution is 2.33. The molecule has 17 heavy (non-hydrogen) atoms. The number of nitrogens with one attached hydrogen (secondary N) is 2. The molecule has 5 nitrogen and oxygen atoms in total. The quantitative estimate of drug-likeness (QED) is 0.759. The summed E-state index contributed by atoms with van der Waals surface area (Å²) in [6, 6.07) is 5.62. The Morgan fingerprint density at radius 2 is 2.35 bits per heavy atom. The first-order valence-electron chi connectivity index (χ1n) is 5.17. The Morgan fingerprint density at radius 3 is 3.12 bits per heavy atom. The monoisotopic (exact) mass is 252 g/mol. The van der Waals surface area contributed by atoms with Crippen LogP contribution in [0.25, 0.3) is 0 Å². The summed E-state index contributed by atoms with van der Waals surface area (Å²) in [5.41, 5.74) is 1.60. The molecule has 0 atom stereocenters. The van der Waals surface area contributed by atoms with Gasteiger partial charge in [-0.05, 0) is 18.2 Å². The molecule has 1 aromatic rings. The molecule has 1 aliphatic heterocycles. The van der Waals surface area contributed by atoms with E-state index in [-0.39, 0.29) is 12.3 Å². The van der Waals surface area contributed by atoms with Crippen LogP contribution in [0.15, 0.2) is 23.1 Å². The number of hydrogen-bond donors (Lipinski definition) is 3. The standard InChI is InChI=1S/C11H12N2O3S/c14-10-6-17-9-2-1-7(5-8(9)13-10)12-4-3-11(15)16/h1-2,5,12H,3-4,6H2,(H,13,14)(H,15,16). The van der Waals surface area contributed by atoms with Gasteiger partial charge in [0.1, 0.15) is 0 Å². The predicted octanol–water partition coefficient (Wildman–Crippen LogP) is 1.62. The maximum absolute atomic E-state index is 11.2. The van der Waals surface area contributed by atoms with Gasteiger partial charge in [-0.3, -0.25) is 9.59 Å². The van der Waals surface area contributed by atoms with Crippen molar-refractivity contribution in [2.75, 3.05) is 22.9 Å². The highest BCUT2D eigenvalue weighted by Gasteiger charge is 2.15. The minimum Gasteiger partial charge on any atom is -0.481 e. The molecule has 0 unspecified atom stereocenters. The highest BCUT2D eigenvalue weighted by atomic mass is 32.2. The normalized spacial score (nSPS) is 13.8. The molecule has 0 saturated carbocycles. The molecule has 0 aromatic heterocycles. The molecule has 0 bridgehead atoms. The number of aliphatic carboxylic acids is 1. The first-order chi connectivity index (χ1) is 8.15. The molecule has 1 amide bonds. The summed E-state index contributed by atoms with van der Waals surface area (Å²) >= 11 is 1.50. The summed E-state index contributed by atoms with van der Waals surface area (Å²) in [6.07, 6.45) is 0.0677. The van der Waals surface area contributed by atoms with E-state index >= 15 is 0 Å². The van der Waals surface area contributed by atoms with Crippen LogP contribution in [-0.2, 0) is 9.59 Å². The summed E-state index contributed by atoms with van der Waals surface area (Å²) < 4.78 is 0. The minimum atomic E-state index is -0.834. The molecule has 0 fully saturated rings. The van der Waals surface area contributed by atoms with E-state index in [1.165, 1.54) is 11.8 Å². The van der Waals surface area contributed by atoms with Crippen molar-refractivity contribution in [2.24, 2.45) is 0 Å². The van der Waals surface area contributed by atoms with Crippen LogP contribution in [0.2, 0.25) is 0 Å². The molecule has 0 saturated heterocycles. The van der Waals surface area contributed by atoms with Crippen molar-refractivity contribution in [2.45, 2.75) is 11.3 Å². The van der Waals surface area contributed by atoms with Crippen LogP contribution in [0, 0.1) is 0 Å². The van der Waals surface area contributed by atoms with Gasteiger partial charge in [-0.1, -0.05) is 0 Å². The number of hydrogen-bond acceptors (Lipinski definition) is 4. The van der Waals surface area contributed by atoms with Gasteiger partial charge in [0.25, 0.3) is 0 Å². The molecule has 1 aliphatic rings. The smallest absolute Gasteiger partial charge is 0.305 e. The topological polar surface area (TPSA) is 78.4 Å². The number of rotatable bonds is 4. The Labute approximate surface area is 103 Å². The number of carbonyl (C=O) groups is 2. The van der Waals surface area contributed by atoms with E-state index < -0.39 is 5.97 Å². The zero-order chi connectivity index (χ0) is 12.3. The number of thioether (sulfide) groups is 1. The molecule has 0 spiro atoms. The first-order valence-corrected chi connectivity index (χ1v) is 6.16. The average molecular weight is 252 g/mol. The van der Waals surface area contributed by atoms with Gasteiger partial charge in [-0.2, -0.15) is 0 Å². The van der Waals surface area contributed by atoms with E-state index in [9.17, 15) is 9.59 Å². The Bertz CT molecular complexity index is 462. The maximum atomic E-state index is 11.2. The average Bonchev–Trinajstić information content (AvgIpc) is 2.28. The second-order valence-corrected chi connectivity index (χ2v) is 4.64. The second kappa shape index (κ2) is 5.09. The number of amides is 1. The lowest BCUT2D eigenvalue weighted by Gasteiger charge is -2.17. The number of anilines is 2. The number of carbonyl (C=O) groups excluding carboxylic acids is 1. The van der Waals surface area contributed by atoms with Crippen LogP contribution in [0.4, 0.5) is 11.4 Å². The zero-order valence-corrected chi connectivity index (χ0v) is 9.84. The van der Waals surface area contributed by atoms with Crippen LogP contribution in [0.1, 0.15) is 6.42 Å². The molecule has 90 valence electrons.